The number of nitrogens with zero attached hydrogens (tertiary/aromatic N) is 5. The molecular weight excluding hydrogens is 294 g/mol. The van der Waals surface area contributed by atoms with Gasteiger partial charge in [-0.3, -0.25) is 0 Å². The van der Waals surface area contributed by atoms with Crippen molar-refractivity contribution in [1.82, 2.24) is 19.8 Å². The molecule has 0 atom stereocenters. The van der Waals surface area contributed by atoms with Gasteiger partial charge < -0.3 is 4.84 Å². The van der Waals surface area contributed by atoms with Crippen LogP contribution in [0.5, 0.6) is 5.75 Å². The minimum absolute atomic E-state index is 0.325. The number of rotatable bonds is 4. The molecule has 0 aliphatic carbocycles. The summed E-state index contributed by atoms with van der Waals surface area (Å²) in [5.74, 6) is 0.635. The van der Waals surface area contributed by atoms with Gasteiger partial charge in [-0.25, -0.2) is 4.79 Å². The molecule has 0 saturated carbocycles. The van der Waals surface area contributed by atoms with Crippen molar-refractivity contribution in [2.24, 2.45) is 12.2 Å². The highest BCUT2D eigenvalue weighted by atomic mass is 16.6. The van der Waals surface area contributed by atoms with Crippen LogP contribution in [0.3, 0.4) is 0 Å². The maximum absolute atomic E-state index is 12.1. The molecule has 0 fully saturated rings. The summed E-state index contributed by atoms with van der Waals surface area (Å²) in [5.41, 5.74) is 1.96. The lowest BCUT2D eigenvalue weighted by Crippen LogP contribution is -2.23. The molecule has 3 rings (SSSR count). The summed E-state index contributed by atoms with van der Waals surface area (Å²) in [5, 5.41) is 11.6. The molecule has 1 aromatic heterocycles. The Morgan fingerprint density at radius 2 is 1.87 bits per heavy atom. The molecule has 0 radical (unpaired) electrons. The van der Waals surface area contributed by atoms with Crippen LogP contribution in [0.1, 0.15) is 11.1 Å². The van der Waals surface area contributed by atoms with Gasteiger partial charge in [0.2, 0.25) is 0 Å². The monoisotopic (exact) mass is 309 g/mol. The fourth-order valence-electron chi connectivity index (χ4n) is 2.10. The molecule has 0 aliphatic heterocycles. The van der Waals surface area contributed by atoms with Crippen molar-refractivity contribution in [2.75, 3.05) is 0 Å². The Morgan fingerprint density at radius 1 is 1.09 bits per heavy atom. The smallest absolute Gasteiger partial charge is 0.357 e. The van der Waals surface area contributed by atoms with Gasteiger partial charge in [-0.15, -0.1) is 0 Å². The molecule has 7 heteroatoms. The van der Waals surface area contributed by atoms with Gasteiger partial charge in [0.05, 0.1) is 11.9 Å². The number of tetrazole rings is 1. The quantitative estimate of drug-likeness (QED) is 0.543. The van der Waals surface area contributed by atoms with Gasteiger partial charge in [0.1, 0.15) is 0 Å². The fraction of sp³-hybridized carbons (Fsp3) is 0.125. The van der Waals surface area contributed by atoms with Crippen LogP contribution in [0.25, 0.3) is 5.69 Å². The molecule has 0 amide bonds. The van der Waals surface area contributed by atoms with Crippen molar-refractivity contribution in [3.8, 4) is 11.4 Å². The Bertz CT molecular complexity index is 896. The van der Waals surface area contributed by atoms with E-state index in [1.54, 1.807) is 19.3 Å². The highest BCUT2D eigenvalue weighted by Crippen LogP contribution is 2.15. The molecular formula is C16H15N5O2. The maximum Gasteiger partial charge on any atom is 0.368 e. The number of aromatic nitrogens is 4. The number of para-hydroxylation sites is 1. The Kier molecular flexibility index (Phi) is 4.01. The Labute approximate surface area is 132 Å². The largest absolute Gasteiger partial charge is 0.368 e. The zero-order valence-electron chi connectivity index (χ0n) is 12.7. The van der Waals surface area contributed by atoms with Crippen molar-refractivity contribution in [1.29, 1.82) is 0 Å². The van der Waals surface area contributed by atoms with E-state index < -0.39 is 0 Å². The third-order valence-corrected chi connectivity index (χ3v) is 3.33. The lowest BCUT2D eigenvalue weighted by atomic mass is 10.1. The van der Waals surface area contributed by atoms with Gasteiger partial charge in [0.15, 0.2) is 5.75 Å². The van der Waals surface area contributed by atoms with Crippen LogP contribution in [0, 0.1) is 6.92 Å². The predicted octanol–water partition coefficient (Wildman–Crippen LogP) is 1.69. The standard InChI is InChI=1S/C16H15N5O2/c1-12-7-6-10-15(21-16(22)20(2)18-19-21)14(12)11-17-23-13-8-4-3-5-9-13/h3-11H,1-2H3. The molecule has 1 heterocycles. The second-order valence-corrected chi connectivity index (χ2v) is 4.94. The second-order valence-electron chi connectivity index (χ2n) is 4.94. The van der Waals surface area contributed by atoms with Gasteiger partial charge in [-0.1, -0.05) is 35.5 Å². The molecule has 2 aromatic carbocycles. The van der Waals surface area contributed by atoms with E-state index in [9.17, 15) is 4.79 Å². The number of aryl methyl sites for hydroxylation is 2. The Balaban J connectivity index is 1.96. The molecule has 3 aromatic rings. The van der Waals surface area contributed by atoms with E-state index in [0.717, 1.165) is 11.1 Å². The van der Waals surface area contributed by atoms with Crippen LogP contribution in [0.2, 0.25) is 0 Å². The predicted molar refractivity (Wildman–Crippen MR) is 86.0 cm³/mol. The first-order valence-corrected chi connectivity index (χ1v) is 7.01. The molecule has 116 valence electrons. The summed E-state index contributed by atoms with van der Waals surface area (Å²) in [7, 11) is 1.55. The Hall–Kier alpha value is -3.22. The second kappa shape index (κ2) is 6.27. The summed E-state index contributed by atoms with van der Waals surface area (Å²) in [4.78, 5) is 17.4. The summed E-state index contributed by atoms with van der Waals surface area (Å²) < 4.78 is 2.40. The molecule has 0 N–H and O–H groups in total. The minimum atomic E-state index is -0.325. The van der Waals surface area contributed by atoms with Crippen molar-refractivity contribution in [3.05, 3.63) is 70.1 Å². The minimum Gasteiger partial charge on any atom is -0.357 e. The van der Waals surface area contributed by atoms with Gasteiger partial charge in [0.25, 0.3) is 0 Å². The van der Waals surface area contributed by atoms with E-state index in [1.807, 2.05) is 49.4 Å². The van der Waals surface area contributed by atoms with Crippen LogP contribution in [-0.4, -0.2) is 26.0 Å². The highest BCUT2D eigenvalue weighted by molar-refractivity contribution is 5.86. The summed E-state index contributed by atoms with van der Waals surface area (Å²) in [6.45, 7) is 1.93. The van der Waals surface area contributed by atoms with E-state index in [4.69, 9.17) is 4.84 Å². The molecule has 7 nitrogen and oxygen atoms in total. The van der Waals surface area contributed by atoms with Gasteiger partial charge >= 0.3 is 5.69 Å². The third kappa shape index (κ3) is 3.03. The maximum atomic E-state index is 12.1. The SMILES string of the molecule is Cc1cccc(-n2nnn(C)c2=O)c1C=NOc1ccccc1. The van der Waals surface area contributed by atoms with E-state index in [2.05, 4.69) is 15.6 Å². The Morgan fingerprint density at radius 3 is 2.57 bits per heavy atom. The van der Waals surface area contributed by atoms with Crippen LogP contribution in [-0.2, 0) is 7.05 Å². The number of hydrogen-bond acceptors (Lipinski definition) is 5. The summed E-state index contributed by atoms with van der Waals surface area (Å²) >= 11 is 0. The topological polar surface area (TPSA) is 74.3 Å². The fourth-order valence-corrected chi connectivity index (χ4v) is 2.10. The number of benzene rings is 2. The van der Waals surface area contributed by atoms with Gasteiger partial charge in [-0.2, -0.15) is 9.36 Å². The average molecular weight is 309 g/mol. The number of hydrogen-bond donors (Lipinski definition) is 0. The van der Waals surface area contributed by atoms with Crippen LogP contribution < -0.4 is 10.5 Å². The van der Waals surface area contributed by atoms with Crippen LogP contribution in [0.15, 0.2) is 58.5 Å². The van der Waals surface area contributed by atoms with E-state index in [1.165, 1.54) is 9.36 Å². The van der Waals surface area contributed by atoms with E-state index in [-0.39, 0.29) is 5.69 Å². The average Bonchev–Trinajstić information content (AvgIpc) is 2.89. The normalized spacial score (nSPS) is 11.0. The highest BCUT2D eigenvalue weighted by Gasteiger charge is 2.11. The summed E-state index contributed by atoms with van der Waals surface area (Å²) in [6, 6.07) is 14.8. The lowest BCUT2D eigenvalue weighted by Gasteiger charge is -2.06. The van der Waals surface area contributed by atoms with Crippen molar-refractivity contribution >= 4 is 6.21 Å². The van der Waals surface area contributed by atoms with E-state index >= 15 is 0 Å². The first-order chi connectivity index (χ1) is 11.2. The van der Waals surface area contributed by atoms with Crippen LogP contribution >= 0.6 is 0 Å². The zero-order valence-corrected chi connectivity index (χ0v) is 12.7. The van der Waals surface area contributed by atoms with E-state index in [0.29, 0.717) is 11.4 Å². The molecule has 0 unspecified atom stereocenters. The number of oxime groups is 1. The van der Waals surface area contributed by atoms with Gasteiger partial charge in [-0.05, 0) is 41.1 Å². The molecule has 0 spiro atoms. The molecule has 0 bridgehead atoms. The molecule has 23 heavy (non-hydrogen) atoms. The van der Waals surface area contributed by atoms with Crippen LogP contribution in [0.4, 0.5) is 0 Å². The zero-order chi connectivity index (χ0) is 16.2. The summed E-state index contributed by atoms with van der Waals surface area (Å²) in [6.07, 6.45) is 1.57. The molecule has 0 aliphatic rings. The van der Waals surface area contributed by atoms with Crippen molar-refractivity contribution < 1.29 is 4.84 Å². The first-order valence-electron chi connectivity index (χ1n) is 7.01. The van der Waals surface area contributed by atoms with Crippen molar-refractivity contribution in [2.45, 2.75) is 6.92 Å². The third-order valence-electron chi connectivity index (χ3n) is 3.33. The first kappa shape index (κ1) is 14.7. The van der Waals surface area contributed by atoms with Gasteiger partial charge in [0, 0.05) is 12.6 Å². The lowest BCUT2D eigenvalue weighted by molar-refractivity contribution is 0.344. The van der Waals surface area contributed by atoms with Crippen molar-refractivity contribution in [3.63, 3.8) is 0 Å². The molecule has 0 saturated heterocycles.